The minimum absolute atomic E-state index is 0.207. The van der Waals surface area contributed by atoms with Gasteiger partial charge in [-0.1, -0.05) is 64.7 Å². The maximum Gasteiger partial charge on any atom is 0.263 e. The molecule has 0 bridgehead atoms. The highest BCUT2D eigenvalue weighted by atomic mass is 19.2. The predicted octanol–water partition coefficient (Wildman–Crippen LogP) is 7.74. The Labute approximate surface area is 224 Å². The van der Waals surface area contributed by atoms with Gasteiger partial charge in [-0.3, -0.25) is 14.5 Å². The third kappa shape index (κ3) is 7.89. The van der Waals surface area contributed by atoms with Crippen LogP contribution in [0.5, 0.6) is 11.5 Å². The molecule has 0 spiro atoms. The van der Waals surface area contributed by atoms with Gasteiger partial charge in [-0.2, -0.15) is 8.78 Å². The summed E-state index contributed by atoms with van der Waals surface area (Å²) in [7, 11) is 1.70. The van der Waals surface area contributed by atoms with Crippen molar-refractivity contribution in [3.63, 3.8) is 0 Å². The van der Waals surface area contributed by atoms with E-state index < -0.39 is 69.3 Å². The molecule has 2 aromatic carbocycles. The molecule has 0 radical (unpaired) electrons. The molecule has 0 saturated carbocycles. The Balaban J connectivity index is 2.29. The second kappa shape index (κ2) is 15.4. The monoisotopic (exact) mass is 561 g/mol. The van der Waals surface area contributed by atoms with Gasteiger partial charge < -0.3 is 9.47 Å². The molecule has 2 amide bonds. The molecule has 5 nitrogen and oxygen atoms in total. The van der Waals surface area contributed by atoms with Gasteiger partial charge in [-0.15, -0.1) is 0 Å². The van der Waals surface area contributed by atoms with E-state index in [4.69, 9.17) is 0 Å². The van der Waals surface area contributed by atoms with Crippen molar-refractivity contribution in [2.24, 2.45) is 0 Å². The third-order valence-corrected chi connectivity index (χ3v) is 6.33. The number of methoxy groups -OCH3 is 2. The fourth-order valence-electron chi connectivity index (χ4n) is 4.17. The number of halogens is 6. The zero-order valence-electron chi connectivity index (χ0n) is 22.3. The van der Waals surface area contributed by atoms with Gasteiger partial charge >= 0.3 is 0 Å². The number of carbonyl (C=O) groups excluding carboxylic acids is 2. The van der Waals surface area contributed by atoms with Crippen LogP contribution in [0.15, 0.2) is 12.1 Å². The van der Waals surface area contributed by atoms with Crippen molar-refractivity contribution in [2.45, 2.75) is 71.1 Å². The lowest BCUT2D eigenvalue weighted by Crippen LogP contribution is -2.39. The Kier molecular flexibility index (Phi) is 12.6. The van der Waals surface area contributed by atoms with Crippen molar-refractivity contribution < 1.29 is 45.4 Å². The van der Waals surface area contributed by atoms with E-state index in [0.717, 1.165) is 52.7 Å². The van der Waals surface area contributed by atoms with Crippen LogP contribution in [-0.2, 0) is 0 Å². The number of nitrogens with zero attached hydrogens (tertiary/aromatic N) is 1. The Morgan fingerprint density at radius 3 is 1.33 bits per heavy atom. The summed E-state index contributed by atoms with van der Waals surface area (Å²) in [6, 6.07) is 0.493. The third-order valence-electron chi connectivity index (χ3n) is 6.33. The van der Waals surface area contributed by atoms with Gasteiger partial charge in [0.1, 0.15) is 0 Å². The molecule has 2 rings (SSSR count). The van der Waals surface area contributed by atoms with Crippen LogP contribution >= 0.6 is 0 Å². The number of carbonyl (C=O) groups is 2. The first-order valence-corrected chi connectivity index (χ1v) is 12.9. The maximum atomic E-state index is 14.9. The summed E-state index contributed by atoms with van der Waals surface area (Å²) >= 11 is 0. The van der Waals surface area contributed by atoms with Crippen LogP contribution in [0.4, 0.5) is 26.3 Å². The summed E-state index contributed by atoms with van der Waals surface area (Å²) < 4.78 is 94.7. The van der Waals surface area contributed by atoms with Crippen molar-refractivity contribution >= 4 is 11.8 Å². The van der Waals surface area contributed by atoms with Crippen LogP contribution in [0.2, 0.25) is 0 Å². The highest BCUT2D eigenvalue weighted by molar-refractivity contribution is 6.10. The number of benzene rings is 2. The van der Waals surface area contributed by atoms with E-state index in [9.17, 15) is 35.9 Å². The predicted molar refractivity (Wildman–Crippen MR) is 133 cm³/mol. The van der Waals surface area contributed by atoms with Crippen LogP contribution < -0.4 is 9.47 Å². The van der Waals surface area contributed by atoms with Crippen LogP contribution in [-0.4, -0.2) is 37.5 Å². The van der Waals surface area contributed by atoms with Gasteiger partial charge in [0.25, 0.3) is 11.8 Å². The Hall–Kier alpha value is -3.24. The van der Waals surface area contributed by atoms with Gasteiger partial charge in [-0.05, 0) is 18.6 Å². The molecule has 0 unspecified atom stereocenters. The molecule has 0 atom stereocenters. The van der Waals surface area contributed by atoms with Crippen LogP contribution in [0.3, 0.4) is 0 Å². The second-order valence-corrected chi connectivity index (χ2v) is 9.08. The molecule has 0 N–H and O–H groups in total. The number of unbranched alkanes of at least 4 members (excludes halogenated alkanes) is 9. The molecule has 0 aromatic heterocycles. The molecule has 216 valence electrons. The lowest BCUT2D eigenvalue weighted by atomic mass is 10.1. The van der Waals surface area contributed by atoms with Crippen molar-refractivity contribution in [3.05, 3.63) is 58.2 Å². The van der Waals surface area contributed by atoms with E-state index in [-0.39, 0.29) is 25.1 Å². The minimum atomic E-state index is -1.68. The van der Waals surface area contributed by atoms with Crippen molar-refractivity contribution in [3.8, 4) is 11.5 Å². The van der Waals surface area contributed by atoms with Crippen molar-refractivity contribution in [1.29, 1.82) is 0 Å². The number of hydrogen-bond donors (Lipinski definition) is 0. The summed E-state index contributed by atoms with van der Waals surface area (Å²) in [5, 5.41) is 0. The normalized spacial score (nSPS) is 11.0. The topological polar surface area (TPSA) is 55.8 Å². The van der Waals surface area contributed by atoms with Crippen molar-refractivity contribution in [2.75, 3.05) is 20.8 Å². The Morgan fingerprint density at radius 1 is 0.615 bits per heavy atom. The van der Waals surface area contributed by atoms with Crippen molar-refractivity contribution in [1.82, 2.24) is 4.90 Å². The molecule has 0 heterocycles. The van der Waals surface area contributed by atoms with E-state index in [0.29, 0.717) is 11.3 Å². The summed E-state index contributed by atoms with van der Waals surface area (Å²) in [4.78, 5) is 26.8. The molecule has 0 aliphatic rings. The van der Waals surface area contributed by atoms with E-state index in [1.54, 1.807) is 0 Å². The van der Waals surface area contributed by atoms with Crippen LogP contribution in [0.25, 0.3) is 0 Å². The standard InChI is InChI=1S/C28H33F6NO4/c1-4-5-6-7-8-9-10-11-12-13-14-35(27(36)17-15-19(29)23(33)25(38-2)21(17)31)28(37)18-16-20(30)24(34)26(39-3)22(18)32/h15-16H,4-14H2,1-3H3. The first-order chi connectivity index (χ1) is 18.6. The number of ether oxygens (including phenoxy) is 2. The number of amides is 2. The van der Waals surface area contributed by atoms with Gasteiger partial charge in [-0.25, -0.2) is 17.6 Å². The van der Waals surface area contributed by atoms with Gasteiger partial charge in [0.15, 0.2) is 34.8 Å². The fraction of sp³-hybridized carbons (Fsp3) is 0.500. The van der Waals surface area contributed by atoms with E-state index in [1.165, 1.54) is 12.8 Å². The number of imide groups is 1. The summed E-state index contributed by atoms with van der Waals surface area (Å²) in [5.41, 5.74) is -2.11. The average Bonchev–Trinajstić information content (AvgIpc) is 2.91. The molecule has 39 heavy (non-hydrogen) atoms. The fourth-order valence-corrected chi connectivity index (χ4v) is 4.17. The smallest absolute Gasteiger partial charge is 0.263 e. The largest absolute Gasteiger partial charge is 0.491 e. The molecule has 0 fully saturated rings. The number of rotatable bonds is 15. The Morgan fingerprint density at radius 2 is 0.974 bits per heavy atom. The minimum Gasteiger partial charge on any atom is -0.491 e. The first-order valence-electron chi connectivity index (χ1n) is 12.9. The molecule has 11 heteroatoms. The molecular formula is C28H33F6NO4. The zero-order chi connectivity index (χ0) is 29.1. The number of hydrogen-bond acceptors (Lipinski definition) is 4. The lowest BCUT2D eigenvalue weighted by Gasteiger charge is -2.22. The first kappa shape index (κ1) is 32.0. The average molecular weight is 562 g/mol. The lowest BCUT2D eigenvalue weighted by molar-refractivity contribution is 0.0605. The maximum absolute atomic E-state index is 14.9. The Bertz CT molecular complexity index is 1080. The highest BCUT2D eigenvalue weighted by Crippen LogP contribution is 2.31. The van der Waals surface area contributed by atoms with Gasteiger partial charge in [0.2, 0.25) is 11.6 Å². The molecular weight excluding hydrogens is 528 g/mol. The summed E-state index contributed by atoms with van der Waals surface area (Å²) in [5.74, 6) is -15.0. The van der Waals surface area contributed by atoms with Gasteiger partial charge in [0.05, 0.1) is 25.3 Å². The van der Waals surface area contributed by atoms with Gasteiger partial charge in [0, 0.05) is 6.54 Å². The summed E-state index contributed by atoms with van der Waals surface area (Å²) in [6.07, 6.45) is 9.13. The highest BCUT2D eigenvalue weighted by Gasteiger charge is 2.33. The van der Waals surface area contributed by atoms with Crippen LogP contribution in [0.1, 0.15) is 91.8 Å². The molecule has 0 aliphatic carbocycles. The van der Waals surface area contributed by atoms with Crippen LogP contribution in [0, 0.1) is 34.9 Å². The SMILES string of the molecule is CCCCCCCCCCCCN(C(=O)c1cc(F)c(F)c(OC)c1F)C(=O)c1cc(F)c(F)c(OC)c1F. The van der Waals surface area contributed by atoms with E-state index >= 15 is 0 Å². The van der Waals surface area contributed by atoms with E-state index in [2.05, 4.69) is 16.4 Å². The molecule has 0 saturated heterocycles. The molecule has 0 aliphatic heterocycles. The quantitative estimate of drug-likeness (QED) is 0.0966. The van der Waals surface area contributed by atoms with E-state index in [1.807, 2.05) is 0 Å². The zero-order valence-corrected chi connectivity index (χ0v) is 22.3. The second-order valence-electron chi connectivity index (χ2n) is 9.08. The molecule has 2 aromatic rings. The summed E-state index contributed by atoms with van der Waals surface area (Å²) in [6.45, 7) is 1.75.